The molecule has 0 amide bonds. The number of ether oxygens (including phenoxy) is 2. The van der Waals surface area contributed by atoms with Gasteiger partial charge < -0.3 is 30.5 Å². The first-order valence-corrected chi connectivity index (χ1v) is 5.85. The van der Waals surface area contributed by atoms with Crippen molar-refractivity contribution in [3.8, 4) is 0 Å². The molecule has 2 aromatic rings. The highest BCUT2D eigenvalue weighted by Gasteiger charge is 2.84. The Kier molecular flexibility index (Phi) is 2.04. The van der Waals surface area contributed by atoms with Gasteiger partial charge in [-0.1, -0.05) is 0 Å². The summed E-state index contributed by atoms with van der Waals surface area (Å²) in [6.07, 6.45) is 0.441. The smallest absolute Gasteiger partial charge is 0.273 e. The lowest BCUT2D eigenvalue weighted by Crippen LogP contribution is -2.33. The molecule has 4 heterocycles. The highest BCUT2D eigenvalue weighted by atomic mass is 16.9. The molecular weight excluding hydrogens is 270 g/mol. The molecule has 2 saturated heterocycles. The minimum absolute atomic E-state index is 0.185. The van der Waals surface area contributed by atoms with E-state index >= 15 is 0 Å². The lowest BCUT2D eigenvalue weighted by Gasteiger charge is -2.19. The van der Waals surface area contributed by atoms with Gasteiger partial charge in [-0.2, -0.15) is 0 Å². The fourth-order valence-electron chi connectivity index (χ4n) is 2.54. The van der Waals surface area contributed by atoms with Crippen LogP contribution in [0.4, 0.5) is 5.82 Å². The fraction of sp³-hybridized carbons (Fsp3) is 0.500. The number of rotatable bonds is 2. The van der Waals surface area contributed by atoms with Crippen LogP contribution in [0.2, 0.25) is 0 Å². The van der Waals surface area contributed by atoms with E-state index in [0.717, 1.165) is 0 Å². The van der Waals surface area contributed by atoms with Crippen molar-refractivity contribution < 1.29 is 24.8 Å². The topological polar surface area (TPSA) is 152 Å². The third-order valence-corrected chi connectivity index (χ3v) is 3.65. The van der Waals surface area contributed by atoms with E-state index < -0.39 is 30.5 Å². The van der Waals surface area contributed by atoms with Gasteiger partial charge >= 0.3 is 0 Å². The van der Waals surface area contributed by atoms with Crippen LogP contribution < -0.4 is 5.73 Å². The van der Waals surface area contributed by atoms with Crippen LogP contribution in [0.25, 0.3) is 11.2 Å². The third kappa shape index (κ3) is 1.18. The zero-order chi connectivity index (χ0) is 14.1. The Morgan fingerprint density at radius 2 is 2.10 bits per heavy atom. The van der Waals surface area contributed by atoms with E-state index in [9.17, 15) is 10.2 Å². The van der Waals surface area contributed by atoms with Gasteiger partial charge in [0.15, 0.2) is 17.7 Å². The zero-order valence-corrected chi connectivity index (χ0v) is 10.0. The first kappa shape index (κ1) is 11.9. The molecule has 106 valence electrons. The van der Waals surface area contributed by atoms with E-state index in [1.807, 2.05) is 0 Å². The number of hydrogen-bond acceptors (Lipinski definition) is 9. The lowest BCUT2D eigenvalue weighted by atomic mass is 10.1. The average Bonchev–Trinajstić information content (AvgIpc) is 2.74. The maximum absolute atomic E-state index is 10.3. The molecule has 10 heteroatoms. The van der Waals surface area contributed by atoms with Crippen molar-refractivity contribution >= 4 is 17.0 Å². The summed E-state index contributed by atoms with van der Waals surface area (Å²) >= 11 is 0. The van der Waals surface area contributed by atoms with Crippen LogP contribution in [0.5, 0.6) is 0 Å². The van der Waals surface area contributed by atoms with Gasteiger partial charge in [0.2, 0.25) is 0 Å². The number of anilines is 1. The molecule has 4 atom stereocenters. The molecule has 0 saturated carbocycles. The molecule has 0 spiro atoms. The Labute approximate surface area is 111 Å². The van der Waals surface area contributed by atoms with Gasteiger partial charge in [0.1, 0.15) is 17.9 Å². The summed E-state index contributed by atoms with van der Waals surface area (Å²) in [5.74, 6) is -3.69. The number of nitrogens with zero attached hydrogens (tertiary/aromatic N) is 4. The second-order valence-corrected chi connectivity index (χ2v) is 4.74. The minimum atomic E-state index is -1.95. The van der Waals surface area contributed by atoms with Crippen LogP contribution in [0.1, 0.15) is 6.23 Å². The van der Waals surface area contributed by atoms with Crippen molar-refractivity contribution in [2.24, 2.45) is 0 Å². The summed E-state index contributed by atoms with van der Waals surface area (Å²) in [6.45, 7) is -0.501. The van der Waals surface area contributed by atoms with E-state index in [4.69, 9.17) is 20.3 Å². The minimum Gasteiger partial charge on any atom is -0.393 e. The van der Waals surface area contributed by atoms with Crippen molar-refractivity contribution in [2.45, 2.75) is 23.9 Å². The first-order chi connectivity index (χ1) is 9.51. The highest BCUT2D eigenvalue weighted by Crippen LogP contribution is 2.60. The van der Waals surface area contributed by atoms with E-state index in [1.165, 1.54) is 17.2 Å². The molecule has 0 aliphatic carbocycles. The summed E-state index contributed by atoms with van der Waals surface area (Å²) in [7, 11) is 0. The van der Waals surface area contributed by atoms with Crippen LogP contribution in [-0.4, -0.2) is 59.1 Å². The number of nitrogens with two attached hydrogens (primary N) is 1. The Morgan fingerprint density at radius 1 is 1.30 bits per heavy atom. The number of hydrogen-bond donors (Lipinski definition) is 4. The second kappa shape index (κ2) is 3.42. The van der Waals surface area contributed by atoms with Gasteiger partial charge in [-0.25, -0.2) is 15.0 Å². The molecule has 0 aromatic carbocycles. The summed E-state index contributed by atoms with van der Waals surface area (Å²) < 4.78 is 11.7. The van der Waals surface area contributed by atoms with Crippen LogP contribution in [0.15, 0.2) is 12.7 Å². The molecule has 0 bridgehead atoms. The molecule has 2 aromatic heterocycles. The highest BCUT2D eigenvalue weighted by molar-refractivity contribution is 5.81. The molecule has 2 fully saturated rings. The Balaban J connectivity index is 1.83. The van der Waals surface area contributed by atoms with Crippen LogP contribution in [0.3, 0.4) is 0 Å². The van der Waals surface area contributed by atoms with Crippen molar-refractivity contribution in [2.75, 3.05) is 12.3 Å². The molecule has 5 N–H and O–H groups in total. The second-order valence-electron chi connectivity index (χ2n) is 4.74. The molecule has 4 rings (SSSR count). The average molecular weight is 281 g/mol. The SMILES string of the molecule is Nc1ncnc2c1ncn2[C@@H]1O[C@H](CO)[C@]2(O)O[C@]12O. The molecule has 2 aliphatic rings. The van der Waals surface area contributed by atoms with Gasteiger partial charge in [0, 0.05) is 0 Å². The van der Waals surface area contributed by atoms with E-state index in [-0.39, 0.29) is 5.82 Å². The largest absolute Gasteiger partial charge is 0.393 e. The first-order valence-electron chi connectivity index (χ1n) is 5.85. The maximum atomic E-state index is 10.3. The van der Waals surface area contributed by atoms with Crippen molar-refractivity contribution in [1.82, 2.24) is 19.5 Å². The van der Waals surface area contributed by atoms with Crippen molar-refractivity contribution in [3.63, 3.8) is 0 Å². The Hall–Kier alpha value is -1.85. The number of aliphatic hydroxyl groups excluding tert-OH is 1. The van der Waals surface area contributed by atoms with Crippen molar-refractivity contribution in [3.05, 3.63) is 12.7 Å². The summed E-state index contributed by atoms with van der Waals surface area (Å²) in [5, 5.41) is 29.5. The summed E-state index contributed by atoms with van der Waals surface area (Å²) in [4.78, 5) is 11.9. The van der Waals surface area contributed by atoms with Crippen molar-refractivity contribution in [1.29, 1.82) is 0 Å². The standard InChI is InChI=1S/C10H11N5O5/c11-6-5-7(13-2-12-6)15(3-14-5)8-10(18)9(17,20-10)4(1-16)19-8/h2-4,8,16-18H,1H2,(H2,11,12,13)/t4-,8-,9+,10-/m1/s1. The van der Waals surface area contributed by atoms with Gasteiger partial charge in [0.25, 0.3) is 11.6 Å². The lowest BCUT2D eigenvalue weighted by molar-refractivity contribution is -0.180. The van der Waals surface area contributed by atoms with E-state index in [0.29, 0.717) is 11.2 Å². The number of aliphatic hydroxyl groups is 3. The van der Waals surface area contributed by atoms with Gasteiger partial charge in [-0.15, -0.1) is 0 Å². The molecule has 10 nitrogen and oxygen atoms in total. The zero-order valence-electron chi connectivity index (χ0n) is 10.0. The van der Waals surface area contributed by atoms with Crippen LogP contribution in [0, 0.1) is 0 Å². The summed E-state index contributed by atoms with van der Waals surface area (Å²) in [5.41, 5.74) is 6.34. The predicted molar refractivity (Wildman–Crippen MR) is 61.7 cm³/mol. The van der Waals surface area contributed by atoms with Gasteiger partial charge in [-0.3, -0.25) is 4.57 Å². The number of fused-ring (bicyclic) bond motifs is 2. The number of nitrogen functional groups attached to an aromatic ring is 1. The molecule has 20 heavy (non-hydrogen) atoms. The molecule has 0 unspecified atom stereocenters. The number of aromatic nitrogens is 4. The van der Waals surface area contributed by atoms with Gasteiger partial charge in [-0.05, 0) is 0 Å². The normalized spacial score (nSPS) is 39.1. The fourth-order valence-corrected chi connectivity index (χ4v) is 2.54. The maximum Gasteiger partial charge on any atom is 0.273 e. The number of imidazole rings is 1. The Morgan fingerprint density at radius 3 is 2.80 bits per heavy atom. The molecule has 0 radical (unpaired) electrons. The third-order valence-electron chi connectivity index (χ3n) is 3.65. The predicted octanol–water partition coefficient (Wildman–Crippen LogP) is -2.29. The quantitative estimate of drug-likeness (QED) is 0.445. The van der Waals surface area contributed by atoms with E-state index in [2.05, 4.69) is 15.0 Å². The Bertz CT molecular complexity index is 706. The monoisotopic (exact) mass is 281 g/mol. The van der Waals surface area contributed by atoms with Gasteiger partial charge in [0.05, 0.1) is 12.9 Å². The molecular formula is C10H11N5O5. The van der Waals surface area contributed by atoms with Crippen LogP contribution in [-0.2, 0) is 9.47 Å². The number of epoxide rings is 1. The summed E-state index contributed by atoms with van der Waals surface area (Å²) in [6, 6.07) is 0. The van der Waals surface area contributed by atoms with Crippen LogP contribution >= 0.6 is 0 Å². The van der Waals surface area contributed by atoms with E-state index in [1.54, 1.807) is 0 Å². The molecule has 2 aliphatic heterocycles.